The molecule has 0 N–H and O–H groups in total. The summed E-state index contributed by atoms with van der Waals surface area (Å²) in [5, 5.41) is 0. The number of rotatable bonds is 2. The van der Waals surface area contributed by atoms with Crippen molar-refractivity contribution in [3.63, 3.8) is 0 Å². The van der Waals surface area contributed by atoms with Crippen molar-refractivity contribution in [3.05, 3.63) is 36.0 Å². The number of amides is 1. The van der Waals surface area contributed by atoms with Gasteiger partial charge in [0.15, 0.2) is 0 Å². The summed E-state index contributed by atoms with van der Waals surface area (Å²) in [5.74, 6) is -1.76. The fourth-order valence-electron chi connectivity index (χ4n) is 1.93. The Balaban J connectivity index is 2.88. The SMILES string of the molecule is C=C/C=C1/CCN(C(=O)C(F)(F)F)C/C1=C/CC. The highest BCUT2D eigenvalue weighted by molar-refractivity contribution is 5.82. The van der Waals surface area contributed by atoms with Crippen LogP contribution >= 0.6 is 0 Å². The van der Waals surface area contributed by atoms with E-state index in [9.17, 15) is 18.0 Å². The van der Waals surface area contributed by atoms with Gasteiger partial charge in [-0.3, -0.25) is 4.79 Å². The maximum atomic E-state index is 12.4. The number of nitrogens with zero attached hydrogens (tertiary/aromatic N) is 1. The van der Waals surface area contributed by atoms with Crippen LogP contribution in [-0.2, 0) is 4.79 Å². The Hall–Kier alpha value is -1.52. The average molecular weight is 259 g/mol. The lowest BCUT2D eigenvalue weighted by atomic mass is 9.96. The van der Waals surface area contributed by atoms with Crippen LogP contribution in [0.2, 0.25) is 0 Å². The summed E-state index contributed by atoms with van der Waals surface area (Å²) in [6.45, 7) is 5.60. The monoisotopic (exact) mass is 259 g/mol. The first-order valence-electron chi connectivity index (χ1n) is 5.77. The molecule has 0 saturated carbocycles. The van der Waals surface area contributed by atoms with Crippen LogP contribution in [0.1, 0.15) is 19.8 Å². The molecule has 5 heteroatoms. The Bertz CT molecular complexity index is 394. The minimum Gasteiger partial charge on any atom is -0.330 e. The van der Waals surface area contributed by atoms with Gasteiger partial charge in [0.25, 0.3) is 0 Å². The zero-order chi connectivity index (χ0) is 13.8. The molecule has 0 aromatic rings. The Labute approximate surface area is 104 Å². The number of likely N-dealkylation sites (tertiary alicyclic amines) is 1. The molecule has 0 aliphatic carbocycles. The second kappa shape index (κ2) is 5.89. The molecule has 0 radical (unpaired) electrons. The zero-order valence-electron chi connectivity index (χ0n) is 10.3. The van der Waals surface area contributed by atoms with Gasteiger partial charge < -0.3 is 4.90 Å². The van der Waals surface area contributed by atoms with Gasteiger partial charge in [0, 0.05) is 13.1 Å². The van der Waals surface area contributed by atoms with Crippen LogP contribution < -0.4 is 0 Å². The molecule has 100 valence electrons. The second-order valence-electron chi connectivity index (χ2n) is 4.04. The van der Waals surface area contributed by atoms with Crippen LogP contribution in [0.5, 0.6) is 0 Å². The third-order valence-electron chi connectivity index (χ3n) is 2.72. The van der Waals surface area contributed by atoms with Crippen LogP contribution in [0, 0.1) is 0 Å². The molecule has 18 heavy (non-hydrogen) atoms. The number of carbonyl (C=O) groups excluding carboxylic acids is 1. The van der Waals surface area contributed by atoms with Gasteiger partial charge >= 0.3 is 12.1 Å². The molecule has 1 amide bonds. The van der Waals surface area contributed by atoms with Crippen molar-refractivity contribution in [1.29, 1.82) is 0 Å². The number of carbonyl (C=O) groups is 1. The highest BCUT2D eigenvalue weighted by Gasteiger charge is 2.43. The van der Waals surface area contributed by atoms with E-state index in [2.05, 4.69) is 6.58 Å². The lowest BCUT2D eigenvalue weighted by Gasteiger charge is -2.31. The minimum absolute atomic E-state index is 0.0197. The van der Waals surface area contributed by atoms with Gasteiger partial charge in [-0.25, -0.2) is 0 Å². The first-order valence-corrected chi connectivity index (χ1v) is 5.77. The summed E-state index contributed by atoms with van der Waals surface area (Å²) in [6, 6.07) is 0. The first kappa shape index (κ1) is 14.5. The number of piperidine rings is 1. The molecular weight excluding hydrogens is 243 g/mol. The van der Waals surface area contributed by atoms with Crippen LogP contribution in [0.4, 0.5) is 13.2 Å². The third kappa shape index (κ3) is 3.48. The van der Waals surface area contributed by atoms with Crippen molar-refractivity contribution in [2.75, 3.05) is 13.1 Å². The van der Waals surface area contributed by atoms with Gasteiger partial charge in [-0.1, -0.05) is 31.7 Å². The number of halogens is 3. The van der Waals surface area contributed by atoms with Crippen LogP contribution in [-0.4, -0.2) is 30.1 Å². The highest BCUT2D eigenvalue weighted by Crippen LogP contribution is 2.27. The molecule has 0 aromatic heterocycles. The topological polar surface area (TPSA) is 20.3 Å². The predicted molar refractivity (Wildman–Crippen MR) is 63.9 cm³/mol. The summed E-state index contributed by atoms with van der Waals surface area (Å²) >= 11 is 0. The van der Waals surface area contributed by atoms with Crippen molar-refractivity contribution < 1.29 is 18.0 Å². The van der Waals surface area contributed by atoms with Gasteiger partial charge in [-0.05, 0) is 24.0 Å². The van der Waals surface area contributed by atoms with Gasteiger partial charge in [0.1, 0.15) is 0 Å². The maximum Gasteiger partial charge on any atom is 0.471 e. The molecule has 1 aliphatic heterocycles. The van der Waals surface area contributed by atoms with E-state index < -0.39 is 12.1 Å². The molecule has 2 nitrogen and oxygen atoms in total. The molecule has 0 bridgehead atoms. The molecule has 0 aromatic carbocycles. The quantitative estimate of drug-likeness (QED) is 0.745. The Morgan fingerprint density at radius 1 is 1.44 bits per heavy atom. The highest BCUT2D eigenvalue weighted by atomic mass is 19.4. The maximum absolute atomic E-state index is 12.4. The molecule has 0 spiro atoms. The number of hydrogen-bond acceptors (Lipinski definition) is 1. The van der Waals surface area contributed by atoms with E-state index >= 15 is 0 Å². The van der Waals surface area contributed by atoms with Crippen LogP contribution in [0.25, 0.3) is 0 Å². The van der Waals surface area contributed by atoms with Crippen molar-refractivity contribution in [2.24, 2.45) is 0 Å². The standard InChI is InChI=1S/C13H16F3NO/c1-3-5-10-7-8-17(9-11(10)6-4-2)12(18)13(14,15)16/h3,5-6H,1,4,7-9H2,2H3/b10-5-,11-6-. The van der Waals surface area contributed by atoms with E-state index in [0.29, 0.717) is 6.42 Å². The molecule has 0 atom stereocenters. The van der Waals surface area contributed by atoms with Gasteiger partial charge in [-0.15, -0.1) is 0 Å². The molecule has 0 unspecified atom stereocenters. The lowest BCUT2D eigenvalue weighted by molar-refractivity contribution is -0.185. The fourth-order valence-corrected chi connectivity index (χ4v) is 1.93. The van der Waals surface area contributed by atoms with Crippen molar-refractivity contribution >= 4 is 5.91 Å². The molecule has 1 aliphatic rings. The first-order chi connectivity index (χ1) is 8.40. The molecular formula is C13H16F3NO. The van der Waals surface area contributed by atoms with E-state index in [4.69, 9.17) is 0 Å². The Morgan fingerprint density at radius 3 is 2.61 bits per heavy atom. The summed E-state index contributed by atoms with van der Waals surface area (Å²) in [5.41, 5.74) is 1.74. The third-order valence-corrected chi connectivity index (χ3v) is 2.72. The Kier molecular flexibility index (Phi) is 4.76. The summed E-state index contributed by atoms with van der Waals surface area (Å²) in [7, 11) is 0. The number of allylic oxidation sites excluding steroid dienone is 3. The number of hydrogen-bond donors (Lipinski definition) is 0. The minimum atomic E-state index is -4.79. The normalized spacial score (nSPS) is 21.4. The van der Waals surface area contributed by atoms with E-state index in [-0.39, 0.29) is 13.1 Å². The van der Waals surface area contributed by atoms with E-state index in [1.807, 2.05) is 13.0 Å². The van der Waals surface area contributed by atoms with Crippen molar-refractivity contribution in [3.8, 4) is 0 Å². The molecule has 1 fully saturated rings. The van der Waals surface area contributed by atoms with E-state index in [1.165, 1.54) is 0 Å². The fraction of sp³-hybridized carbons (Fsp3) is 0.462. The smallest absolute Gasteiger partial charge is 0.330 e. The summed E-state index contributed by atoms with van der Waals surface area (Å²) in [4.78, 5) is 12.0. The molecule has 1 rings (SSSR count). The molecule has 1 heterocycles. The average Bonchev–Trinajstić information content (AvgIpc) is 2.30. The second-order valence-corrected chi connectivity index (χ2v) is 4.04. The van der Waals surface area contributed by atoms with Crippen LogP contribution in [0.15, 0.2) is 36.0 Å². The van der Waals surface area contributed by atoms with Crippen LogP contribution in [0.3, 0.4) is 0 Å². The summed E-state index contributed by atoms with van der Waals surface area (Å²) in [6.07, 6.45) is 1.61. The van der Waals surface area contributed by atoms with E-state index in [0.717, 1.165) is 22.5 Å². The zero-order valence-corrected chi connectivity index (χ0v) is 10.3. The predicted octanol–water partition coefficient (Wildman–Crippen LogP) is 3.23. The van der Waals surface area contributed by atoms with Crippen molar-refractivity contribution in [2.45, 2.75) is 25.9 Å². The Morgan fingerprint density at radius 2 is 2.11 bits per heavy atom. The number of alkyl halides is 3. The van der Waals surface area contributed by atoms with Gasteiger partial charge in [0.05, 0.1) is 0 Å². The van der Waals surface area contributed by atoms with Crippen molar-refractivity contribution in [1.82, 2.24) is 4.90 Å². The lowest BCUT2D eigenvalue weighted by Crippen LogP contribution is -2.44. The van der Waals surface area contributed by atoms with Gasteiger partial charge in [-0.2, -0.15) is 13.2 Å². The summed E-state index contributed by atoms with van der Waals surface area (Å²) < 4.78 is 37.1. The largest absolute Gasteiger partial charge is 0.471 e. The van der Waals surface area contributed by atoms with Gasteiger partial charge in [0.2, 0.25) is 0 Å². The van der Waals surface area contributed by atoms with E-state index in [1.54, 1.807) is 12.2 Å². The molecule has 1 saturated heterocycles.